The van der Waals surface area contributed by atoms with Crippen molar-refractivity contribution in [1.29, 1.82) is 0 Å². The molecule has 1 aromatic rings. The second kappa shape index (κ2) is 7.02. The van der Waals surface area contributed by atoms with E-state index in [-0.39, 0.29) is 17.7 Å². The number of halogens is 1. The lowest BCUT2D eigenvalue weighted by molar-refractivity contribution is -0.153. The van der Waals surface area contributed by atoms with E-state index in [0.29, 0.717) is 13.0 Å². The lowest BCUT2D eigenvalue weighted by Crippen LogP contribution is -2.47. The number of amides is 1. The molecule has 5 heteroatoms. The van der Waals surface area contributed by atoms with E-state index in [9.17, 15) is 14.0 Å². The Labute approximate surface area is 123 Å². The van der Waals surface area contributed by atoms with E-state index in [1.165, 1.54) is 30.2 Å². The molecule has 0 aliphatic carbocycles. The average molecular weight is 291 g/mol. The summed E-state index contributed by atoms with van der Waals surface area (Å²) < 4.78 is 17.6. The van der Waals surface area contributed by atoms with Crippen LogP contribution in [-0.2, 0) is 14.3 Å². The third-order valence-corrected chi connectivity index (χ3v) is 3.55. The number of ether oxygens (including phenoxy) is 1. The number of carbonyl (C=O) groups excluding carboxylic acids is 2. The van der Waals surface area contributed by atoms with Crippen molar-refractivity contribution < 1.29 is 18.7 Å². The maximum atomic E-state index is 12.8. The second-order valence-corrected chi connectivity index (χ2v) is 4.95. The second-order valence-electron chi connectivity index (χ2n) is 4.95. The van der Waals surface area contributed by atoms with Crippen molar-refractivity contribution in [2.24, 2.45) is 0 Å². The first-order valence-corrected chi connectivity index (χ1v) is 6.94. The number of piperidine rings is 1. The molecule has 21 heavy (non-hydrogen) atoms. The van der Waals surface area contributed by atoms with Crippen LogP contribution >= 0.6 is 0 Å². The Morgan fingerprint density at radius 3 is 2.67 bits per heavy atom. The number of benzene rings is 1. The first-order valence-electron chi connectivity index (χ1n) is 6.94. The zero-order valence-electron chi connectivity index (χ0n) is 11.9. The topological polar surface area (TPSA) is 46.6 Å². The number of methoxy groups -OCH3 is 1. The summed E-state index contributed by atoms with van der Waals surface area (Å²) in [7, 11) is 1.33. The number of hydrogen-bond acceptors (Lipinski definition) is 3. The van der Waals surface area contributed by atoms with Gasteiger partial charge in [0.15, 0.2) is 0 Å². The minimum absolute atomic E-state index is 0.227. The normalized spacial score (nSPS) is 18.8. The van der Waals surface area contributed by atoms with Crippen LogP contribution in [-0.4, -0.2) is 36.5 Å². The maximum Gasteiger partial charge on any atom is 0.328 e. The van der Waals surface area contributed by atoms with Gasteiger partial charge in [-0.1, -0.05) is 12.1 Å². The smallest absolute Gasteiger partial charge is 0.328 e. The van der Waals surface area contributed by atoms with E-state index in [2.05, 4.69) is 0 Å². The van der Waals surface area contributed by atoms with Gasteiger partial charge in [-0.25, -0.2) is 9.18 Å². The van der Waals surface area contributed by atoms with Crippen LogP contribution in [0.5, 0.6) is 0 Å². The van der Waals surface area contributed by atoms with Gasteiger partial charge in [0.25, 0.3) is 0 Å². The standard InChI is InChI=1S/C16H18FNO3/c1-21-16(20)14-4-2-3-11-18(14)15(19)10-7-12-5-8-13(17)9-6-12/h5-10,14H,2-4,11H2,1H3/b10-7+. The van der Waals surface area contributed by atoms with Gasteiger partial charge in [-0.05, 0) is 43.0 Å². The molecule has 1 aliphatic heterocycles. The molecular weight excluding hydrogens is 273 g/mol. The predicted molar refractivity (Wildman–Crippen MR) is 76.8 cm³/mol. The Hall–Kier alpha value is -2.17. The zero-order chi connectivity index (χ0) is 15.2. The summed E-state index contributed by atoms with van der Waals surface area (Å²) >= 11 is 0. The van der Waals surface area contributed by atoms with E-state index in [1.807, 2.05) is 0 Å². The molecule has 0 bridgehead atoms. The molecule has 1 aliphatic rings. The van der Waals surface area contributed by atoms with Gasteiger partial charge in [-0.15, -0.1) is 0 Å². The molecule has 1 atom stereocenters. The highest BCUT2D eigenvalue weighted by atomic mass is 19.1. The fourth-order valence-electron chi connectivity index (χ4n) is 2.41. The SMILES string of the molecule is COC(=O)C1CCCCN1C(=O)/C=C/c1ccc(F)cc1. The fourth-order valence-corrected chi connectivity index (χ4v) is 2.41. The highest BCUT2D eigenvalue weighted by molar-refractivity contribution is 5.94. The van der Waals surface area contributed by atoms with Gasteiger partial charge in [0.1, 0.15) is 11.9 Å². The Balaban J connectivity index is 2.06. The summed E-state index contributed by atoms with van der Waals surface area (Å²) in [5.41, 5.74) is 0.733. The van der Waals surface area contributed by atoms with Crippen molar-refractivity contribution >= 4 is 18.0 Å². The Bertz CT molecular complexity index is 539. The van der Waals surface area contributed by atoms with Crippen LogP contribution in [0.4, 0.5) is 4.39 Å². The van der Waals surface area contributed by atoms with E-state index in [0.717, 1.165) is 18.4 Å². The lowest BCUT2D eigenvalue weighted by atomic mass is 10.0. The van der Waals surface area contributed by atoms with Gasteiger partial charge >= 0.3 is 5.97 Å². The van der Waals surface area contributed by atoms with Crippen molar-refractivity contribution in [2.75, 3.05) is 13.7 Å². The van der Waals surface area contributed by atoms with Crippen molar-refractivity contribution in [3.05, 3.63) is 41.7 Å². The molecular formula is C16H18FNO3. The maximum absolute atomic E-state index is 12.8. The quantitative estimate of drug-likeness (QED) is 0.634. The minimum Gasteiger partial charge on any atom is -0.467 e. The summed E-state index contributed by atoms with van der Waals surface area (Å²) in [6.45, 7) is 0.548. The summed E-state index contributed by atoms with van der Waals surface area (Å²) in [5.74, 6) is -0.923. The molecule has 1 unspecified atom stereocenters. The van der Waals surface area contributed by atoms with Crippen LogP contribution in [0.25, 0.3) is 6.08 Å². The predicted octanol–water partition coefficient (Wildman–Crippen LogP) is 2.39. The zero-order valence-corrected chi connectivity index (χ0v) is 11.9. The Morgan fingerprint density at radius 1 is 1.29 bits per heavy atom. The first-order chi connectivity index (χ1) is 10.1. The number of likely N-dealkylation sites (tertiary alicyclic amines) is 1. The fraction of sp³-hybridized carbons (Fsp3) is 0.375. The van der Waals surface area contributed by atoms with Crippen molar-refractivity contribution in [2.45, 2.75) is 25.3 Å². The lowest BCUT2D eigenvalue weighted by Gasteiger charge is -2.32. The van der Waals surface area contributed by atoms with Crippen LogP contribution in [0.15, 0.2) is 30.3 Å². The molecule has 1 fully saturated rings. The highest BCUT2D eigenvalue weighted by Gasteiger charge is 2.31. The molecule has 0 saturated carbocycles. The molecule has 0 spiro atoms. The highest BCUT2D eigenvalue weighted by Crippen LogP contribution is 2.19. The van der Waals surface area contributed by atoms with E-state index < -0.39 is 6.04 Å². The number of nitrogens with zero attached hydrogens (tertiary/aromatic N) is 1. The molecule has 1 saturated heterocycles. The van der Waals surface area contributed by atoms with E-state index in [4.69, 9.17) is 4.74 Å². The van der Waals surface area contributed by atoms with Crippen molar-refractivity contribution in [1.82, 2.24) is 4.90 Å². The molecule has 1 amide bonds. The molecule has 2 rings (SSSR count). The number of hydrogen-bond donors (Lipinski definition) is 0. The van der Waals surface area contributed by atoms with Crippen LogP contribution in [0.1, 0.15) is 24.8 Å². The molecule has 0 N–H and O–H groups in total. The van der Waals surface area contributed by atoms with Crippen LogP contribution in [0.3, 0.4) is 0 Å². The van der Waals surface area contributed by atoms with Gasteiger partial charge in [0.05, 0.1) is 7.11 Å². The molecule has 0 aromatic heterocycles. The third-order valence-electron chi connectivity index (χ3n) is 3.55. The van der Waals surface area contributed by atoms with Crippen LogP contribution in [0, 0.1) is 5.82 Å². The summed E-state index contributed by atoms with van der Waals surface area (Å²) in [6.07, 6.45) is 5.44. The summed E-state index contributed by atoms with van der Waals surface area (Å²) in [5, 5.41) is 0. The van der Waals surface area contributed by atoms with Gasteiger partial charge in [-0.3, -0.25) is 4.79 Å². The van der Waals surface area contributed by atoms with E-state index in [1.54, 1.807) is 18.2 Å². The molecule has 1 heterocycles. The van der Waals surface area contributed by atoms with Gasteiger partial charge in [0, 0.05) is 12.6 Å². The Morgan fingerprint density at radius 2 is 2.00 bits per heavy atom. The molecule has 112 valence electrons. The Kier molecular flexibility index (Phi) is 5.09. The van der Waals surface area contributed by atoms with E-state index >= 15 is 0 Å². The molecule has 4 nitrogen and oxygen atoms in total. The average Bonchev–Trinajstić information content (AvgIpc) is 2.53. The number of esters is 1. The summed E-state index contributed by atoms with van der Waals surface area (Å²) in [6, 6.07) is 5.35. The van der Waals surface area contributed by atoms with Gasteiger partial charge < -0.3 is 9.64 Å². The largest absolute Gasteiger partial charge is 0.467 e. The van der Waals surface area contributed by atoms with Crippen LogP contribution in [0.2, 0.25) is 0 Å². The molecule has 1 aromatic carbocycles. The first kappa shape index (κ1) is 15.2. The third kappa shape index (κ3) is 3.90. The molecule has 0 radical (unpaired) electrons. The van der Waals surface area contributed by atoms with Crippen LogP contribution < -0.4 is 0 Å². The number of rotatable bonds is 3. The minimum atomic E-state index is -0.505. The monoisotopic (exact) mass is 291 g/mol. The van der Waals surface area contributed by atoms with Gasteiger partial charge in [0.2, 0.25) is 5.91 Å². The van der Waals surface area contributed by atoms with Crippen molar-refractivity contribution in [3.63, 3.8) is 0 Å². The van der Waals surface area contributed by atoms with Gasteiger partial charge in [-0.2, -0.15) is 0 Å². The summed E-state index contributed by atoms with van der Waals surface area (Å²) in [4.78, 5) is 25.5. The van der Waals surface area contributed by atoms with Crippen molar-refractivity contribution in [3.8, 4) is 0 Å². The number of carbonyl (C=O) groups is 2.